The molecule has 0 aliphatic rings. The average Bonchev–Trinajstić information content (AvgIpc) is 2.71. The lowest BCUT2D eigenvalue weighted by Crippen LogP contribution is -2.03. The number of halogens is 3. The van der Waals surface area contributed by atoms with Crippen LogP contribution in [-0.4, -0.2) is 9.78 Å². The van der Waals surface area contributed by atoms with Crippen LogP contribution in [0.3, 0.4) is 0 Å². The first-order chi connectivity index (χ1) is 7.70. The van der Waals surface area contributed by atoms with Gasteiger partial charge in [-0.2, -0.15) is 5.10 Å². The molecule has 0 saturated heterocycles. The molecule has 5 heteroatoms. The van der Waals surface area contributed by atoms with Crippen LogP contribution in [0, 0.1) is 5.82 Å². The molecule has 0 saturated carbocycles. The van der Waals surface area contributed by atoms with Crippen molar-refractivity contribution in [2.24, 2.45) is 0 Å². The standard InChI is InChI=1S/C11H9Cl2FN2/c12-4-8-5-15-16(6-8)7-9-10(13)2-1-3-11(9)14/h1-3,5-6H,4,7H2. The van der Waals surface area contributed by atoms with Gasteiger partial charge in [0.05, 0.1) is 18.6 Å². The molecule has 0 amide bonds. The number of aromatic nitrogens is 2. The van der Waals surface area contributed by atoms with Gasteiger partial charge < -0.3 is 0 Å². The molecule has 2 aromatic rings. The molecule has 0 radical (unpaired) electrons. The summed E-state index contributed by atoms with van der Waals surface area (Å²) in [6, 6.07) is 4.62. The molecule has 1 heterocycles. The van der Waals surface area contributed by atoms with Crippen LogP contribution in [0.4, 0.5) is 4.39 Å². The predicted octanol–water partition coefficient (Wildman–Crippen LogP) is 3.46. The second kappa shape index (κ2) is 4.85. The summed E-state index contributed by atoms with van der Waals surface area (Å²) in [5.74, 6) is 0.0702. The molecule has 84 valence electrons. The Kier molecular flexibility index (Phi) is 3.46. The zero-order valence-corrected chi connectivity index (χ0v) is 9.84. The van der Waals surface area contributed by atoms with Gasteiger partial charge in [0, 0.05) is 22.3 Å². The van der Waals surface area contributed by atoms with Gasteiger partial charge in [0.25, 0.3) is 0 Å². The van der Waals surface area contributed by atoms with Gasteiger partial charge >= 0.3 is 0 Å². The van der Waals surface area contributed by atoms with E-state index in [0.29, 0.717) is 23.0 Å². The number of alkyl halides is 1. The van der Waals surface area contributed by atoms with E-state index in [1.54, 1.807) is 29.2 Å². The van der Waals surface area contributed by atoms with E-state index in [9.17, 15) is 4.39 Å². The summed E-state index contributed by atoms with van der Waals surface area (Å²) >= 11 is 11.6. The zero-order chi connectivity index (χ0) is 11.5. The average molecular weight is 259 g/mol. The fraction of sp³-hybridized carbons (Fsp3) is 0.182. The monoisotopic (exact) mass is 258 g/mol. The van der Waals surface area contributed by atoms with Gasteiger partial charge in [-0.3, -0.25) is 4.68 Å². The molecular weight excluding hydrogens is 250 g/mol. The van der Waals surface area contributed by atoms with Crippen LogP contribution in [0.15, 0.2) is 30.6 Å². The summed E-state index contributed by atoms with van der Waals surface area (Å²) < 4.78 is 15.1. The lowest BCUT2D eigenvalue weighted by atomic mass is 10.2. The Morgan fingerprint density at radius 1 is 1.38 bits per heavy atom. The topological polar surface area (TPSA) is 17.8 Å². The van der Waals surface area contributed by atoms with Crippen molar-refractivity contribution in [1.29, 1.82) is 0 Å². The second-order valence-corrected chi connectivity index (χ2v) is 4.05. The Bertz CT molecular complexity index is 476. The lowest BCUT2D eigenvalue weighted by molar-refractivity contribution is 0.585. The summed E-state index contributed by atoms with van der Waals surface area (Å²) in [5, 5.41) is 4.48. The number of hydrogen-bond acceptors (Lipinski definition) is 1. The molecular formula is C11H9Cl2FN2. The van der Waals surface area contributed by atoms with E-state index in [0.717, 1.165) is 5.56 Å². The highest BCUT2D eigenvalue weighted by atomic mass is 35.5. The molecule has 0 N–H and O–H groups in total. The normalized spacial score (nSPS) is 10.7. The molecule has 0 spiro atoms. The Morgan fingerprint density at radius 3 is 2.81 bits per heavy atom. The van der Waals surface area contributed by atoms with E-state index >= 15 is 0 Å². The fourth-order valence-corrected chi connectivity index (χ4v) is 1.77. The van der Waals surface area contributed by atoms with Crippen LogP contribution in [0.5, 0.6) is 0 Å². The third-order valence-corrected chi connectivity index (χ3v) is 2.89. The van der Waals surface area contributed by atoms with E-state index in [-0.39, 0.29) is 5.82 Å². The van der Waals surface area contributed by atoms with Gasteiger partial charge in [-0.25, -0.2) is 4.39 Å². The quantitative estimate of drug-likeness (QED) is 0.772. The molecule has 1 aromatic heterocycles. The SMILES string of the molecule is Fc1cccc(Cl)c1Cn1cc(CCl)cn1. The molecule has 1 aromatic carbocycles. The Morgan fingerprint density at radius 2 is 2.19 bits per heavy atom. The maximum Gasteiger partial charge on any atom is 0.129 e. The van der Waals surface area contributed by atoms with Crippen LogP contribution in [0.25, 0.3) is 0 Å². The predicted molar refractivity (Wildman–Crippen MR) is 62.3 cm³/mol. The fourth-order valence-electron chi connectivity index (χ4n) is 1.41. The van der Waals surface area contributed by atoms with Crippen molar-refractivity contribution in [3.05, 3.63) is 52.6 Å². The van der Waals surface area contributed by atoms with Crippen molar-refractivity contribution >= 4 is 23.2 Å². The van der Waals surface area contributed by atoms with Gasteiger partial charge in [-0.05, 0) is 12.1 Å². The number of rotatable bonds is 3. The minimum atomic E-state index is -0.324. The highest BCUT2D eigenvalue weighted by Gasteiger charge is 2.08. The van der Waals surface area contributed by atoms with Crippen LogP contribution < -0.4 is 0 Å². The van der Waals surface area contributed by atoms with E-state index in [1.807, 2.05) is 0 Å². The van der Waals surface area contributed by atoms with Crippen molar-refractivity contribution in [1.82, 2.24) is 9.78 Å². The molecule has 0 atom stereocenters. The molecule has 0 fully saturated rings. The number of hydrogen-bond donors (Lipinski definition) is 0. The molecule has 0 aliphatic carbocycles. The summed E-state index contributed by atoms with van der Waals surface area (Å²) in [6.07, 6.45) is 3.43. The molecule has 0 aliphatic heterocycles. The van der Waals surface area contributed by atoms with Crippen molar-refractivity contribution in [2.75, 3.05) is 0 Å². The van der Waals surface area contributed by atoms with Crippen molar-refractivity contribution in [2.45, 2.75) is 12.4 Å². The van der Waals surface area contributed by atoms with Crippen molar-refractivity contribution in [3.63, 3.8) is 0 Å². The molecule has 0 bridgehead atoms. The Balaban J connectivity index is 2.26. The lowest BCUT2D eigenvalue weighted by Gasteiger charge is -2.05. The third-order valence-electron chi connectivity index (χ3n) is 2.22. The van der Waals surface area contributed by atoms with Gasteiger partial charge in [-0.15, -0.1) is 11.6 Å². The molecule has 2 nitrogen and oxygen atoms in total. The summed E-state index contributed by atoms with van der Waals surface area (Å²) in [7, 11) is 0. The summed E-state index contributed by atoms with van der Waals surface area (Å²) in [4.78, 5) is 0. The molecule has 0 unspecified atom stereocenters. The first-order valence-corrected chi connectivity index (χ1v) is 5.62. The van der Waals surface area contributed by atoms with Crippen LogP contribution in [0.2, 0.25) is 5.02 Å². The maximum absolute atomic E-state index is 13.5. The minimum absolute atomic E-state index is 0.308. The van der Waals surface area contributed by atoms with E-state index in [1.165, 1.54) is 6.07 Å². The van der Waals surface area contributed by atoms with Gasteiger partial charge in [0.15, 0.2) is 0 Å². The zero-order valence-electron chi connectivity index (χ0n) is 8.33. The second-order valence-electron chi connectivity index (χ2n) is 3.38. The van der Waals surface area contributed by atoms with Crippen molar-refractivity contribution in [3.8, 4) is 0 Å². The largest absolute Gasteiger partial charge is 0.268 e. The summed E-state index contributed by atoms with van der Waals surface area (Å²) in [6.45, 7) is 0.308. The first kappa shape index (κ1) is 11.4. The van der Waals surface area contributed by atoms with E-state index in [2.05, 4.69) is 5.10 Å². The minimum Gasteiger partial charge on any atom is -0.268 e. The van der Waals surface area contributed by atoms with Gasteiger partial charge in [-0.1, -0.05) is 17.7 Å². The first-order valence-electron chi connectivity index (χ1n) is 4.71. The molecule has 16 heavy (non-hydrogen) atoms. The van der Waals surface area contributed by atoms with Crippen molar-refractivity contribution < 1.29 is 4.39 Å². The van der Waals surface area contributed by atoms with E-state index in [4.69, 9.17) is 23.2 Å². The van der Waals surface area contributed by atoms with Crippen LogP contribution in [-0.2, 0) is 12.4 Å². The van der Waals surface area contributed by atoms with E-state index < -0.39 is 0 Å². The molecule has 2 rings (SSSR count). The van der Waals surface area contributed by atoms with Crippen LogP contribution in [0.1, 0.15) is 11.1 Å². The Hall–Kier alpha value is -1.06. The van der Waals surface area contributed by atoms with Gasteiger partial charge in [0.2, 0.25) is 0 Å². The third kappa shape index (κ3) is 2.36. The summed E-state index contributed by atoms with van der Waals surface area (Å²) in [5.41, 5.74) is 1.34. The smallest absolute Gasteiger partial charge is 0.129 e. The number of nitrogens with zero attached hydrogens (tertiary/aromatic N) is 2. The number of benzene rings is 1. The van der Waals surface area contributed by atoms with Gasteiger partial charge in [0.1, 0.15) is 5.82 Å². The Labute approximate surface area is 103 Å². The maximum atomic E-state index is 13.5. The highest BCUT2D eigenvalue weighted by Crippen LogP contribution is 2.20. The van der Waals surface area contributed by atoms with Crippen LogP contribution >= 0.6 is 23.2 Å². The highest BCUT2D eigenvalue weighted by molar-refractivity contribution is 6.31.